The third-order valence-corrected chi connectivity index (χ3v) is 5.36. The van der Waals surface area contributed by atoms with Gasteiger partial charge in [-0.05, 0) is 41.5 Å². The molecule has 0 amide bonds. The van der Waals surface area contributed by atoms with Crippen LogP contribution in [0.3, 0.4) is 0 Å². The van der Waals surface area contributed by atoms with Gasteiger partial charge in [0.25, 0.3) is 11.6 Å². The van der Waals surface area contributed by atoms with Crippen LogP contribution in [0.5, 0.6) is 17.5 Å². The fourth-order valence-electron chi connectivity index (χ4n) is 3.30. The molecule has 0 aliphatic heterocycles. The zero-order valence-corrected chi connectivity index (χ0v) is 19.2. The van der Waals surface area contributed by atoms with Gasteiger partial charge >= 0.3 is 6.18 Å². The number of nitrogens with one attached hydrogen (secondary N) is 1. The molecule has 7 nitrogen and oxygen atoms in total. The summed E-state index contributed by atoms with van der Waals surface area (Å²) in [4.78, 5) is 19.0. The van der Waals surface area contributed by atoms with E-state index in [2.05, 4.69) is 15.1 Å². The molecule has 1 N–H and O–H groups in total. The predicted octanol–water partition coefficient (Wildman–Crippen LogP) is 5.18. The molecule has 2 aromatic heterocycles. The molecule has 2 heterocycles. The first-order valence-electron chi connectivity index (χ1n) is 10.5. The minimum absolute atomic E-state index is 0.0276. The number of hydrogen-bond donors (Lipinski definition) is 1. The van der Waals surface area contributed by atoms with Gasteiger partial charge in [-0.3, -0.25) is 9.48 Å². The van der Waals surface area contributed by atoms with Crippen molar-refractivity contribution in [2.75, 3.05) is 6.61 Å². The first-order valence-corrected chi connectivity index (χ1v) is 10.9. The molecular formula is C24H20ClF3N4O3. The molecule has 0 radical (unpaired) electrons. The summed E-state index contributed by atoms with van der Waals surface area (Å²) in [5.41, 5.74) is 0.976. The number of ether oxygens (including phenoxy) is 2. The number of benzene rings is 2. The van der Waals surface area contributed by atoms with Crippen LogP contribution in [0.1, 0.15) is 22.3 Å². The fourth-order valence-corrected chi connectivity index (χ4v) is 3.53. The Balaban J connectivity index is 1.30. The number of hydrogen-bond acceptors (Lipinski definition) is 5. The second-order valence-electron chi connectivity index (χ2n) is 7.72. The Bertz CT molecular complexity index is 1370. The number of alkyl halides is 3. The van der Waals surface area contributed by atoms with Gasteiger partial charge in [0.2, 0.25) is 0 Å². The SMILES string of the molecule is Cn1cc(Cc2c[nH]c(OCCc3ccc(Oc4ccc(Cl)c(C(F)(F)F)c4)cc3)nc2=O)cn1. The maximum absolute atomic E-state index is 13.0. The highest BCUT2D eigenvalue weighted by Crippen LogP contribution is 2.37. The Morgan fingerprint density at radius 1 is 1.09 bits per heavy atom. The van der Waals surface area contributed by atoms with E-state index in [0.29, 0.717) is 24.2 Å². The summed E-state index contributed by atoms with van der Waals surface area (Å²) in [7, 11) is 1.80. The largest absolute Gasteiger partial charge is 0.464 e. The van der Waals surface area contributed by atoms with E-state index in [1.165, 1.54) is 6.07 Å². The van der Waals surface area contributed by atoms with Crippen molar-refractivity contribution in [1.82, 2.24) is 19.7 Å². The van der Waals surface area contributed by atoms with E-state index in [9.17, 15) is 18.0 Å². The van der Waals surface area contributed by atoms with E-state index in [4.69, 9.17) is 21.1 Å². The molecule has 0 fully saturated rings. The predicted molar refractivity (Wildman–Crippen MR) is 123 cm³/mol. The zero-order chi connectivity index (χ0) is 25.0. The fraction of sp³-hybridized carbons (Fsp3) is 0.208. The highest BCUT2D eigenvalue weighted by molar-refractivity contribution is 6.31. The van der Waals surface area contributed by atoms with Crippen molar-refractivity contribution < 1.29 is 22.6 Å². The summed E-state index contributed by atoms with van der Waals surface area (Å²) >= 11 is 5.63. The first kappa shape index (κ1) is 24.3. The maximum Gasteiger partial charge on any atom is 0.417 e. The van der Waals surface area contributed by atoms with E-state index in [1.54, 1.807) is 48.4 Å². The van der Waals surface area contributed by atoms with Crippen molar-refractivity contribution in [3.05, 3.63) is 98.7 Å². The van der Waals surface area contributed by atoms with E-state index in [1.807, 2.05) is 6.20 Å². The van der Waals surface area contributed by atoms with E-state index < -0.39 is 11.7 Å². The van der Waals surface area contributed by atoms with Crippen molar-refractivity contribution >= 4 is 11.6 Å². The van der Waals surface area contributed by atoms with Gasteiger partial charge in [-0.1, -0.05) is 23.7 Å². The van der Waals surface area contributed by atoms with Crippen LogP contribution in [0.25, 0.3) is 0 Å². The molecule has 0 unspecified atom stereocenters. The Labute approximate surface area is 203 Å². The van der Waals surface area contributed by atoms with Crippen molar-refractivity contribution in [1.29, 1.82) is 0 Å². The lowest BCUT2D eigenvalue weighted by atomic mass is 10.1. The molecule has 0 spiro atoms. The standard InChI is InChI=1S/C24H20ClF3N4O3/c1-32-14-16(12-30-32)10-17-13-29-23(31-22(17)33)34-9-8-15-2-4-18(5-3-15)35-19-6-7-21(25)20(11-19)24(26,27)28/h2-7,11-14H,8-10H2,1H3,(H,29,31,33). The summed E-state index contributed by atoms with van der Waals surface area (Å²) in [5.74, 6) is 0.403. The highest BCUT2D eigenvalue weighted by Gasteiger charge is 2.33. The van der Waals surface area contributed by atoms with Crippen molar-refractivity contribution in [2.24, 2.45) is 7.05 Å². The van der Waals surface area contributed by atoms with Gasteiger partial charge in [0.15, 0.2) is 0 Å². The van der Waals surface area contributed by atoms with Gasteiger partial charge in [-0.15, -0.1) is 0 Å². The highest BCUT2D eigenvalue weighted by atomic mass is 35.5. The summed E-state index contributed by atoms with van der Waals surface area (Å²) in [6.07, 6.45) is 1.45. The smallest absolute Gasteiger partial charge is 0.417 e. The van der Waals surface area contributed by atoms with Gasteiger partial charge in [-0.2, -0.15) is 23.3 Å². The molecule has 11 heteroatoms. The van der Waals surface area contributed by atoms with Gasteiger partial charge in [-0.25, -0.2) is 0 Å². The number of aromatic nitrogens is 4. The number of H-pyrrole nitrogens is 1. The molecule has 4 aromatic rings. The lowest BCUT2D eigenvalue weighted by molar-refractivity contribution is -0.137. The lowest BCUT2D eigenvalue weighted by Crippen LogP contribution is -2.16. The first-order chi connectivity index (χ1) is 16.7. The molecule has 0 aliphatic carbocycles. The third-order valence-electron chi connectivity index (χ3n) is 5.03. The monoisotopic (exact) mass is 504 g/mol. The van der Waals surface area contributed by atoms with Crippen molar-refractivity contribution in [2.45, 2.75) is 19.0 Å². The molecule has 0 aliphatic rings. The Hall–Kier alpha value is -3.79. The van der Waals surface area contributed by atoms with Gasteiger partial charge in [0.1, 0.15) is 11.5 Å². The van der Waals surface area contributed by atoms with Crippen LogP contribution in [-0.2, 0) is 26.1 Å². The minimum atomic E-state index is -4.57. The van der Waals surface area contributed by atoms with Crippen LogP contribution in [0.4, 0.5) is 13.2 Å². The zero-order valence-electron chi connectivity index (χ0n) is 18.5. The number of aryl methyl sites for hydroxylation is 1. The number of nitrogens with zero attached hydrogens (tertiary/aromatic N) is 3. The van der Waals surface area contributed by atoms with Crippen molar-refractivity contribution in [3.8, 4) is 17.5 Å². The molecule has 4 rings (SSSR count). The Kier molecular flexibility index (Phi) is 7.11. The summed E-state index contributed by atoms with van der Waals surface area (Å²) < 4.78 is 51.8. The summed E-state index contributed by atoms with van der Waals surface area (Å²) in [6.45, 7) is 0.261. The van der Waals surface area contributed by atoms with Crippen LogP contribution >= 0.6 is 11.6 Å². The summed E-state index contributed by atoms with van der Waals surface area (Å²) in [5, 5.41) is 3.69. The Morgan fingerprint density at radius 2 is 1.83 bits per heavy atom. The Morgan fingerprint density at radius 3 is 2.49 bits per heavy atom. The van der Waals surface area contributed by atoms with Gasteiger partial charge in [0, 0.05) is 37.8 Å². The second-order valence-corrected chi connectivity index (χ2v) is 8.13. The quantitative estimate of drug-likeness (QED) is 0.357. The topological polar surface area (TPSA) is 82.0 Å². The molecule has 0 bridgehead atoms. The summed E-state index contributed by atoms with van der Waals surface area (Å²) in [6, 6.07) is 10.3. The van der Waals surface area contributed by atoms with Crippen LogP contribution < -0.4 is 15.0 Å². The van der Waals surface area contributed by atoms with Crippen LogP contribution in [0.2, 0.25) is 5.02 Å². The maximum atomic E-state index is 13.0. The minimum Gasteiger partial charge on any atom is -0.464 e. The number of rotatable bonds is 8. The van der Waals surface area contributed by atoms with Crippen LogP contribution in [-0.4, -0.2) is 26.4 Å². The third kappa shape index (κ3) is 6.42. The molecule has 182 valence electrons. The van der Waals surface area contributed by atoms with E-state index in [0.717, 1.165) is 23.3 Å². The van der Waals surface area contributed by atoms with E-state index >= 15 is 0 Å². The van der Waals surface area contributed by atoms with Crippen molar-refractivity contribution in [3.63, 3.8) is 0 Å². The van der Waals surface area contributed by atoms with E-state index in [-0.39, 0.29) is 28.9 Å². The second kappa shape index (κ2) is 10.2. The molecule has 0 saturated carbocycles. The normalized spacial score (nSPS) is 11.5. The molecule has 0 atom stereocenters. The van der Waals surface area contributed by atoms with Crippen LogP contribution in [0.15, 0.2) is 65.8 Å². The van der Waals surface area contributed by atoms with Gasteiger partial charge in [0.05, 0.1) is 23.4 Å². The molecule has 2 aromatic carbocycles. The molecular weight excluding hydrogens is 485 g/mol. The van der Waals surface area contributed by atoms with Gasteiger partial charge < -0.3 is 14.5 Å². The molecule has 35 heavy (non-hydrogen) atoms. The number of aromatic amines is 1. The average molecular weight is 505 g/mol. The average Bonchev–Trinajstić information content (AvgIpc) is 3.22. The molecule has 0 saturated heterocycles. The van der Waals surface area contributed by atoms with Crippen LogP contribution in [0, 0.1) is 0 Å². The number of halogens is 4. The lowest BCUT2D eigenvalue weighted by Gasteiger charge is -2.12.